The fraction of sp³-hybridized carbons (Fsp3) is 0.417. The van der Waals surface area contributed by atoms with Gasteiger partial charge in [0, 0.05) is 17.7 Å². The van der Waals surface area contributed by atoms with Gasteiger partial charge in [-0.2, -0.15) is 0 Å². The minimum atomic E-state index is -0.898. The van der Waals surface area contributed by atoms with Crippen LogP contribution in [0.4, 0.5) is 0 Å². The van der Waals surface area contributed by atoms with Crippen LogP contribution in [0, 0.1) is 6.92 Å². The summed E-state index contributed by atoms with van der Waals surface area (Å²) in [5, 5.41) is 10.9. The lowest BCUT2D eigenvalue weighted by atomic mass is 10.2. The quantitative estimate of drug-likeness (QED) is 0.675. The Hall–Kier alpha value is -1.18. The number of fused-ring (bicyclic) bond motifs is 1. The predicted octanol–water partition coefficient (Wildman–Crippen LogP) is 2.35. The van der Waals surface area contributed by atoms with Gasteiger partial charge >= 0.3 is 5.97 Å². The summed E-state index contributed by atoms with van der Waals surface area (Å²) < 4.78 is 0. The Morgan fingerprint density at radius 1 is 1.47 bits per heavy atom. The summed E-state index contributed by atoms with van der Waals surface area (Å²) in [5.41, 5.74) is 0.764. The number of aryl methyl sites for hydroxylation is 1. The van der Waals surface area contributed by atoms with Crippen LogP contribution in [0.15, 0.2) is 11.4 Å². The third-order valence-corrected chi connectivity index (χ3v) is 4.82. The summed E-state index contributed by atoms with van der Waals surface area (Å²) in [7, 11) is 4.04. The molecule has 0 atom stereocenters. The average Bonchev–Trinajstić information content (AvgIpc) is 2.67. The molecule has 0 spiro atoms. The molecule has 1 N–H and O–H groups in total. The highest BCUT2D eigenvalue weighted by atomic mass is 32.2. The number of carbonyl (C=O) groups is 1. The van der Waals surface area contributed by atoms with Crippen molar-refractivity contribution in [1.29, 1.82) is 0 Å². The van der Waals surface area contributed by atoms with Crippen LogP contribution >= 0.6 is 23.1 Å². The molecular formula is C12H15N3O2S2. The Morgan fingerprint density at radius 3 is 2.84 bits per heavy atom. The molecule has 0 amide bonds. The number of aromatic carboxylic acids is 1. The van der Waals surface area contributed by atoms with Gasteiger partial charge in [-0.25, -0.2) is 14.8 Å². The van der Waals surface area contributed by atoms with Crippen LogP contribution in [0.3, 0.4) is 0 Å². The minimum Gasteiger partial charge on any atom is -0.477 e. The molecule has 7 heteroatoms. The van der Waals surface area contributed by atoms with Crippen LogP contribution in [0.2, 0.25) is 0 Å². The fourth-order valence-corrected chi connectivity index (χ4v) is 3.90. The third kappa shape index (κ3) is 3.05. The van der Waals surface area contributed by atoms with Crippen molar-refractivity contribution >= 4 is 39.3 Å². The molecule has 0 unspecified atom stereocenters. The first-order chi connectivity index (χ1) is 9.00. The molecule has 2 aromatic heterocycles. The van der Waals surface area contributed by atoms with Gasteiger partial charge in [-0.05, 0) is 26.6 Å². The second kappa shape index (κ2) is 5.85. The van der Waals surface area contributed by atoms with E-state index in [1.54, 1.807) is 11.8 Å². The van der Waals surface area contributed by atoms with E-state index in [1.807, 2.05) is 21.0 Å². The molecule has 2 rings (SSSR count). The maximum Gasteiger partial charge on any atom is 0.346 e. The van der Waals surface area contributed by atoms with Crippen LogP contribution in [0.25, 0.3) is 10.2 Å². The SMILES string of the molecule is Cc1c(C(=O)O)sc2ncnc(SCCN(C)C)c12. The van der Waals surface area contributed by atoms with Crippen LogP contribution in [0.5, 0.6) is 0 Å². The number of hydrogen-bond donors (Lipinski definition) is 1. The number of thiophene rings is 1. The third-order valence-electron chi connectivity index (χ3n) is 2.66. The highest BCUT2D eigenvalue weighted by Crippen LogP contribution is 2.34. The first kappa shape index (κ1) is 14.2. The van der Waals surface area contributed by atoms with Crippen molar-refractivity contribution in [2.24, 2.45) is 0 Å². The van der Waals surface area contributed by atoms with Crippen molar-refractivity contribution in [2.75, 3.05) is 26.4 Å². The van der Waals surface area contributed by atoms with Gasteiger partial charge in [0.15, 0.2) is 0 Å². The molecule has 0 saturated carbocycles. The molecule has 0 fully saturated rings. The number of nitrogens with zero attached hydrogens (tertiary/aromatic N) is 3. The van der Waals surface area contributed by atoms with Gasteiger partial charge in [0.25, 0.3) is 0 Å². The van der Waals surface area contributed by atoms with E-state index in [0.29, 0.717) is 4.88 Å². The van der Waals surface area contributed by atoms with Gasteiger partial charge in [-0.3, -0.25) is 0 Å². The number of rotatable bonds is 5. The maximum absolute atomic E-state index is 11.2. The highest BCUT2D eigenvalue weighted by molar-refractivity contribution is 7.99. The Kier molecular flexibility index (Phi) is 4.38. The Bertz CT molecular complexity index is 610. The molecule has 2 heterocycles. The van der Waals surface area contributed by atoms with Gasteiger partial charge < -0.3 is 10.0 Å². The van der Waals surface area contributed by atoms with Gasteiger partial charge in [-0.15, -0.1) is 23.1 Å². The van der Waals surface area contributed by atoms with Gasteiger partial charge in [-0.1, -0.05) is 0 Å². The maximum atomic E-state index is 11.2. The molecule has 0 aliphatic carbocycles. The number of thioether (sulfide) groups is 1. The van der Waals surface area contributed by atoms with E-state index >= 15 is 0 Å². The Balaban J connectivity index is 2.36. The van der Waals surface area contributed by atoms with E-state index in [2.05, 4.69) is 14.9 Å². The molecule has 0 saturated heterocycles. The molecule has 102 valence electrons. The van der Waals surface area contributed by atoms with Gasteiger partial charge in [0.1, 0.15) is 21.1 Å². The van der Waals surface area contributed by atoms with Crippen molar-refractivity contribution < 1.29 is 9.90 Å². The topological polar surface area (TPSA) is 66.3 Å². The van der Waals surface area contributed by atoms with Crippen LogP contribution in [-0.2, 0) is 0 Å². The van der Waals surface area contributed by atoms with Crippen molar-refractivity contribution in [3.63, 3.8) is 0 Å². The van der Waals surface area contributed by atoms with Crippen LogP contribution in [-0.4, -0.2) is 52.3 Å². The smallest absolute Gasteiger partial charge is 0.346 e. The van der Waals surface area contributed by atoms with Crippen molar-refractivity contribution in [1.82, 2.24) is 14.9 Å². The molecule has 2 aromatic rings. The first-order valence-corrected chi connectivity index (χ1v) is 7.56. The van der Waals surface area contributed by atoms with E-state index in [0.717, 1.165) is 33.1 Å². The lowest BCUT2D eigenvalue weighted by Crippen LogP contribution is -2.14. The van der Waals surface area contributed by atoms with E-state index in [1.165, 1.54) is 17.7 Å². The largest absolute Gasteiger partial charge is 0.477 e. The summed E-state index contributed by atoms with van der Waals surface area (Å²) in [5.74, 6) is 0.0151. The van der Waals surface area contributed by atoms with Crippen molar-refractivity contribution in [3.05, 3.63) is 16.8 Å². The number of carboxylic acids is 1. The normalized spacial score (nSPS) is 11.4. The lowest BCUT2D eigenvalue weighted by Gasteiger charge is -2.08. The lowest BCUT2D eigenvalue weighted by molar-refractivity contribution is 0.0701. The monoisotopic (exact) mass is 297 g/mol. The highest BCUT2D eigenvalue weighted by Gasteiger charge is 2.18. The van der Waals surface area contributed by atoms with Crippen molar-refractivity contribution in [2.45, 2.75) is 11.9 Å². The van der Waals surface area contributed by atoms with E-state index in [9.17, 15) is 4.79 Å². The zero-order valence-corrected chi connectivity index (χ0v) is 12.6. The molecule has 0 bridgehead atoms. The average molecular weight is 297 g/mol. The summed E-state index contributed by atoms with van der Waals surface area (Å²) in [6, 6.07) is 0. The number of hydrogen-bond acceptors (Lipinski definition) is 6. The van der Waals surface area contributed by atoms with Crippen LogP contribution < -0.4 is 0 Å². The summed E-state index contributed by atoms with van der Waals surface area (Å²) >= 11 is 2.85. The number of aromatic nitrogens is 2. The summed E-state index contributed by atoms with van der Waals surface area (Å²) in [6.45, 7) is 2.77. The fourth-order valence-electron chi connectivity index (χ4n) is 1.68. The molecule has 5 nitrogen and oxygen atoms in total. The van der Waals surface area contributed by atoms with E-state index in [-0.39, 0.29) is 0 Å². The second-order valence-corrected chi connectivity index (χ2v) is 6.45. The second-order valence-electron chi connectivity index (χ2n) is 4.37. The Labute approximate surface area is 119 Å². The number of carboxylic acid groups (broad SMARTS) is 1. The molecule has 0 aromatic carbocycles. The molecular weight excluding hydrogens is 282 g/mol. The molecule has 0 aliphatic heterocycles. The van der Waals surface area contributed by atoms with Gasteiger partial charge in [0.05, 0.1) is 0 Å². The summed E-state index contributed by atoms with van der Waals surface area (Å²) in [4.78, 5) is 22.8. The van der Waals surface area contributed by atoms with Crippen LogP contribution in [0.1, 0.15) is 15.2 Å². The summed E-state index contributed by atoms with van der Waals surface area (Å²) in [6.07, 6.45) is 1.50. The molecule has 0 radical (unpaired) electrons. The van der Waals surface area contributed by atoms with E-state index in [4.69, 9.17) is 5.11 Å². The van der Waals surface area contributed by atoms with Gasteiger partial charge in [0.2, 0.25) is 0 Å². The molecule has 0 aliphatic rings. The zero-order chi connectivity index (χ0) is 14.0. The predicted molar refractivity (Wildman–Crippen MR) is 78.4 cm³/mol. The van der Waals surface area contributed by atoms with Crippen molar-refractivity contribution in [3.8, 4) is 0 Å². The minimum absolute atomic E-state index is 0.352. The first-order valence-electron chi connectivity index (χ1n) is 5.75. The van der Waals surface area contributed by atoms with E-state index < -0.39 is 5.97 Å². The standard InChI is InChI=1S/C12H15N3O2S2/c1-7-8-10(18-5-4-15(2)3)13-6-14-11(8)19-9(7)12(16)17/h6H,4-5H2,1-3H3,(H,16,17). The molecule has 19 heavy (non-hydrogen) atoms. The zero-order valence-electron chi connectivity index (χ0n) is 11.0. The Morgan fingerprint density at radius 2 is 2.21 bits per heavy atom.